The second kappa shape index (κ2) is 10.7. The summed E-state index contributed by atoms with van der Waals surface area (Å²) >= 11 is 0. The van der Waals surface area contributed by atoms with Gasteiger partial charge in [-0.25, -0.2) is 9.59 Å². The Hall–Kier alpha value is -2.23. The Morgan fingerprint density at radius 3 is 2.40 bits per heavy atom. The highest BCUT2D eigenvalue weighted by Gasteiger charge is 2.19. The van der Waals surface area contributed by atoms with E-state index in [1.807, 2.05) is 0 Å². The van der Waals surface area contributed by atoms with E-state index >= 15 is 0 Å². The van der Waals surface area contributed by atoms with Crippen molar-refractivity contribution in [2.45, 2.75) is 44.6 Å². The first kappa shape index (κ1) is 17.8. The number of urea groups is 1. The van der Waals surface area contributed by atoms with E-state index in [2.05, 4.69) is 16.6 Å². The van der Waals surface area contributed by atoms with Crippen molar-refractivity contribution in [2.24, 2.45) is 0 Å². The molecule has 112 valence electrons. The molecule has 0 saturated heterocycles. The lowest BCUT2D eigenvalue weighted by molar-refractivity contribution is -0.140. The lowest BCUT2D eigenvalue weighted by Gasteiger charge is -2.14. The second-order valence-corrected chi connectivity index (χ2v) is 4.24. The van der Waals surface area contributed by atoms with E-state index in [1.54, 1.807) is 0 Å². The van der Waals surface area contributed by atoms with Gasteiger partial charge in [0.25, 0.3) is 0 Å². The van der Waals surface area contributed by atoms with Crippen LogP contribution in [-0.2, 0) is 9.59 Å². The van der Waals surface area contributed by atoms with Crippen LogP contribution in [0.4, 0.5) is 4.79 Å². The number of unbranched alkanes of at least 4 members (excludes halogenated alkanes) is 2. The molecule has 0 rings (SSSR count). The van der Waals surface area contributed by atoms with Crippen molar-refractivity contribution in [3.8, 4) is 12.3 Å². The van der Waals surface area contributed by atoms with Gasteiger partial charge in [-0.05, 0) is 25.7 Å². The minimum Gasteiger partial charge on any atom is -0.481 e. The molecule has 20 heavy (non-hydrogen) atoms. The molecule has 0 heterocycles. The average molecular weight is 284 g/mol. The second-order valence-electron chi connectivity index (χ2n) is 4.24. The quantitative estimate of drug-likeness (QED) is 0.350. The van der Waals surface area contributed by atoms with Crippen LogP contribution in [0.1, 0.15) is 38.5 Å². The first-order valence-electron chi connectivity index (χ1n) is 6.39. The number of carbonyl (C=O) groups excluding carboxylic acids is 1. The van der Waals surface area contributed by atoms with E-state index < -0.39 is 24.0 Å². The van der Waals surface area contributed by atoms with E-state index in [-0.39, 0.29) is 19.3 Å². The summed E-state index contributed by atoms with van der Waals surface area (Å²) in [6, 6.07) is -1.66. The molecule has 2 amide bonds. The molecule has 1 atom stereocenters. The molecule has 0 saturated carbocycles. The summed E-state index contributed by atoms with van der Waals surface area (Å²) in [5.74, 6) is 0.305. The molecule has 0 fully saturated rings. The van der Waals surface area contributed by atoms with Crippen molar-refractivity contribution in [3.63, 3.8) is 0 Å². The Morgan fingerprint density at radius 2 is 1.85 bits per heavy atom. The topological polar surface area (TPSA) is 116 Å². The third-order valence-corrected chi connectivity index (χ3v) is 2.52. The Balaban J connectivity index is 3.93. The molecule has 0 radical (unpaired) electrons. The minimum absolute atomic E-state index is 0.0755. The molecule has 0 unspecified atom stereocenters. The van der Waals surface area contributed by atoms with Crippen LogP contribution in [0.3, 0.4) is 0 Å². The number of carboxylic acid groups (broad SMARTS) is 2. The van der Waals surface area contributed by atoms with Crippen LogP contribution in [0.2, 0.25) is 0 Å². The molecule has 0 aliphatic carbocycles. The number of hydrogen-bond acceptors (Lipinski definition) is 3. The van der Waals surface area contributed by atoms with Crippen molar-refractivity contribution in [1.29, 1.82) is 0 Å². The number of terminal acetylenes is 1. The molecule has 0 aromatic heterocycles. The summed E-state index contributed by atoms with van der Waals surface area (Å²) in [6.07, 6.45) is 7.36. The van der Waals surface area contributed by atoms with Crippen LogP contribution in [0.15, 0.2) is 0 Å². The van der Waals surface area contributed by atoms with Crippen molar-refractivity contribution in [2.75, 3.05) is 6.54 Å². The van der Waals surface area contributed by atoms with Crippen LogP contribution in [0, 0.1) is 12.3 Å². The van der Waals surface area contributed by atoms with Crippen LogP contribution < -0.4 is 10.6 Å². The number of amides is 2. The molecule has 7 heteroatoms. The van der Waals surface area contributed by atoms with Gasteiger partial charge >= 0.3 is 18.0 Å². The van der Waals surface area contributed by atoms with Gasteiger partial charge in [0.1, 0.15) is 6.04 Å². The maximum atomic E-state index is 11.4. The monoisotopic (exact) mass is 284 g/mol. The highest BCUT2D eigenvalue weighted by Crippen LogP contribution is 2.01. The number of rotatable bonds is 10. The summed E-state index contributed by atoms with van der Waals surface area (Å²) in [5, 5.41) is 22.2. The molecule has 0 aliphatic rings. The summed E-state index contributed by atoms with van der Waals surface area (Å²) in [5.41, 5.74) is 0. The van der Waals surface area contributed by atoms with Gasteiger partial charge < -0.3 is 20.8 Å². The Kier molecular flexibility index (Phi) is 9.48. The first-order chi connectivity index (χ1) is 9.47. The smallest absolute Gasteiger partial charge is 0.326 e. The van der Waals surface area contributed by atoms with Gasteiger partial charge in [0.05, 0.1) is 0 Å². The summed E-state index contributed by atoms with van der Waals surface area (Å²) in [4.78, 5) is 32.7. The summed E-state index contributed by atoms with van der Waals surface area (Å²) in [7, 11) is 0. The highest BCUT2D eigenvalue weighted by atomic mass is 16.4. The van der Waals surface area contributed by atoms with Gasteiger partial charge in [0, 0.05) is 19.4 Å². The van der Waals surface area contributed by atoms with E-state index in [0.29, 0.717) is 19.4 Å². The largest absolute Gasteiger partial charge is 0.481 e. The van der Waals surface area contributed by atoms with Crippen molar-refractivity contribution >= 4 is 18.0 Å². The molecule has 0 aromatic carbocycles. The molecule has 0 aromatic rings. The Morgan fingerprint density at radius 1 is 1.15 bits per heavy atom. The average Bonchev–Trinajstić information content (AvgIpc) is 2.36. The molecule has 0 bridgehead atoms. The number of nitrogens with one attached hydrogen (secondary N) is 2. The number of carbonyl (C=O) groups is 3. The third-order valence-electron chi connectivity index (χ3n) is 2.52. The molecular formula is C13H20N2O5. The van der Waals surface area contributed by atoms with E-state index in [1.165, 1.54) is 0 Å². The molecule has 7 nitrogen and oxygen atoms in total. The fourth-order valence-corrected chi connectivity index (χ4v) is 1.48. The zero-order chi connectivity index (χ0) is 15.4. The fourth-order valence-electron chi connectivity index (χ4n) is 1.48. The zero-order valence-corrected chi connectivity index (χ0v) is 11.2. The fraction of sp³-hybridized carbons (Fsp3) is 0.615. The number of aliphatic carboxylic acids is 2. The van der Waals surface area contributed by atoms with Crippen LogP contribution >= 0.6 is 0 Å². The highest BCUT2D eigenvalue weighted by molar-refractivity contribution is 5.82. The van der Waals surface area contributed by atoms with Crippen LogP contribution in [0.25, 0.3) is 0 Å². The van der Waals surface area contributed by atoms with Gasteiger partial charge in [-0.1, -0.05) is 0 Å². The molecule has 0 spiro atoms. The molecule has 0 aliphatic heterocycles. The van der Waals surface area contributed by atoms with Crippen LogP contribution in [-0.4, -0.2) is 40.8 Å². The van der Waals surface area contributed by atoms with Crippen molar-refractivity contribution < 1.29 is 24.6 Å². The zero-order valence-electron chi connectivity index (χ0n) is 11.2. The number of carboxylic acids is 2. The van der Waals surface area contributed by atoms with Gasteiger partial charge in [-0.2, -0.15) is 0 Å². The van der Waals surface area contributed by atoms with Crippen molar-refractivity contribution in [1.82, 2.24) is 10.6 Å². The Labute approximate surface area is 117 Å². The normalized spacial score (nSPS) is 11.2. The predicted octanol–water partition coefficient (Wildman–Crippen LogP) is 0.797. The standard InChI is InChI=1S/C13H20N2O5/c1-2-3-4-5-9-14-13(20)15-10(12(18)19)7-6-8-11(16)17/h1,10H,3-9H2,(H,16,17)(H,18,19)(H2,14,15,20)/t10-/m1/s1. The predicted molar refractivity (Wildman–Crippen MR) is 72.1 cm³/mol. The Bertz CT molecular complexity index is 375. The van der Waals surface area contributed by atoms with E-state index in [0.717, 1.165) is 6.42 Å². The van der Waals surface area contributed by atoms with E-state index in [4.69, 9.17) is 16.6 Å². The van der Waals surface area contributed by atoms with Gasteiger partial charge in [0.2, 0.25) is 0 Å². The lowest BCUT2D eigenvalue weighted by atomic mass is 10.1. The summed E-state index contributed by atoms with van der Waals surface area (Å²) in [6.45, 7) is 0.412. The van der Waals surface area contributed by atoms with Crippen LogP contribution in [0.5, 0.6) is 0 Å². The van der Waals surface area contributed by atoms with Gasteiger partial charge in [-0.3, -0.25) is 4.79 Å². The minimum atomic E-state index is -1.18. The third kappa shape index (κ3) is 9.76. The first-order valence-corrected chi connectivity index (χ1v) is 6.39. The molecule has 4 N–H and O–H groups in total. The molecular weight excluding hydrogens is 264 g/mol. The summed E-state index contributed by atoms with van der Waals surface area (Å²) < 4.78 is 0. The maximum Gasteiger partial charge on any atom is 0.326 e. The lowest BCUT2D eigenvalue weighted by Crippen LogP contribution is -2.46. The number of hydrogen-bond donors (Lipinski definition) is 4. The van der Waals surface area contributed by atoms with Crippen molar-refractivity contribution in [3.05, 3.63) is 0 Å². The SMILES string of the molecule is C#CCCCCNC(=O)N[C@H](CCCC(=O)O)C(=O)O. The van der Waals surface area contributed by atoms with Gasteiger partial charge in [0.15, 0.2) is 0 Å². The van der Waals surface area contributed by atoms with E-state index in [9.17, 15) is 14.4 Å². The van der Waals surface area contributed by atoms with Gasteiger partial charge in [-0.15, -0.1) is 12.3 Å². The maximum absolute atomic E-state index is 11.4.